The SMILES string of the molecule is Cn1c(SCCCNCCCC2Cc3ccccc3C2)nnc1-c1ccccc1. The lowest BCUT2D eigenvalue weighted by atomic mass is 10.0. The summed E-state index contributed by atoms with van der Waals surface area (Å²) in [4.78, 5) is 0. The quantitative estimate of drug-likeness (QED) is 0.390. The van der Waals surface area contributed by atoms with E-state index in [1.165, 1.54) is 25.7 Å². The second-order valence-corrected chi connectivity index (χ2v) is 8.93. The Morgan fingerprint density at radius 2 is 1.62 bits per heavy atom. The van der Waals surface area contributed by atoms with Crippen molar-refractivity contribution in [3.8, 4) is 11.4 Å². The monoisotopic (exact) mass is 406 g/mol. The lowest BCUT2D eigenvalue weighted by molar-refractivity contribution is 0.478. The minimum Gasteiger partial charge on any atom is -0.317 e. The third kappa shape index (κ3) is 5.28. The fourth-order valence-electron chi connectivity index (χ4n) is 4.13. The van der Waals surface area contributed by atoms with Gasteiger partial charge in [0.25, 0.3) is 0 Å². The molecular formula is C24H30N4S. The van der Waals surface area contributed by atoms with Crippen LogP contribution in [0.3, 0.4) is 0 Å². The molecule has 1 aliphatic carbocycles. The van der Waals surface area contributed by atoms with Crippen LogP contribution < -0.4 is 5.32 Å². The molecule has 0 spiro atoms. The standard InChI is InChI=1S/C24H30N4S/c1-28-23(20-10-3-2-4-11-20)26-27-24(28)29-16-8-15-25-14-7-9-19-17-21-12-5-6-13-22(21)18-19/h2-6,10-13,19,25H,7-9,14-18H2,1H3. The van der Waals surface area contributed by atoms with Gasteiger partial charge in [0.05, 0.1) is 0 Å². The first kappa shape index (κ1) is 20.2. The first-order chi connectivity index (χ1) is 14.3. The molecule has 0 atom stereocenters. The number of nitrogens with one attached hydrogen (secondary N) is 1. The van der Waals surface area contributed by atoms with Gasteiger partial charge >= 0.3 is 0 Å². The first-order valence-electron chi connectivity index (χ1n) is 10.7. The number of aromatic nitrogens is 3. The predicted molar refractivity (Wildman–Crippen MR) is 121 cm³/mol. The molecule has 0 radical (unpaired) electrons. The molecule has 2 aromatic carbocycles. The molecule has 152 valence electrons. The van der Waals surface area contributed by atoms with Gasteiger partial charge in [-0.15, -0.1) is 10.2 Å². The molecule has 5 heteroatoms. The molecule has 0 bridgehead atoms. The molecule has 4 nitrogen and oxygen atoms in total. The molecule has 4 rings (SSSR count). The van der Waals surface area contributed by atoms with Crippen LogP contribution in [0.15, 0.2) is 59.8 Å². The Morgan fingerprint density at radius 3 is 2.38 bits per heavy atom. The minimum absolute atomic E-state index is 0.847. The Balaban J connectivity index is 1.08. The molecule has 0 saturated carbocycles. The average molecular weight is 407 g/mol. The highest BCUT2D eigenvalue weighted by Crippen LogP contribution is 2.29. The Kier molecular flexibility index (Phi) is 7.01. The normalized spacial score (nSPS) is 13.7. The summed E-state index contributed by atoms with van der Waals surface area (Å²) >= 11 is 1.79. The minimum atomic E-state index is 0.847. The number of hydrogen-bond donors (Lipinski definition) is 1. The van der Waals surface area contributed by atoms with Crippen molar-refractivity contribution in [2.75, 3.05) is 18.8 Å². The Labute approximate surface area is 178 Å². The van der Waals surface area contributed by atoms with Gasteiger partial charge in [0.2, 0.25) is 0 Å². The van der Waals surface area contributed by atoms with Gasteiger partial charge in [0, 0.05) is 18.4 Å². The highest BCUT2D eigenvalue weighted by molar-refractivity contribution is 7.99. The van der Waals surface area contributed by atoms with E-state index in [0.29, 0.717) is 0 Å². The maximum atomic E-state index is 4.36. The summed E-state index contributed by atoms with van der Waals surface area (Å²) in [6, 6.07) is 19.2. The van der Waals surface area contributed by atoms with Gasteiger partial charge in [-0.1, -0.05) is 66.4 Å². The van der Waals surface area contributed by atoms with E-state index in [1.807, 2.05) is 25.2 Å². The van der Waals surface area contributed by atoms with Gasteiger partial charge in [-0.2, -0.15) is 0 Å². The zero-order valence-electron chi connectivity index (χ0n) is 17.2. The van der Waals surface area contributed by atoms with Gasteiger partial charge in [-0.25, -0.2) is 0 Å². The van der Waals surface area contributed by atoms with Crippen molar-refractivity contribution >= 4 is 11.8 Å². The predicted octanol–water partition coefficient (Wildman–Crippen LogP) is 4.75. The Hall–Kier alpha value is -2.11. The Bertz CT molecular complexity index is 881. The van der Waals surface area contributed by atoms with Crippen LogP contribution in [0, 0.1) is 5.92 Å². The average Bonchev–Trinajstić information content (AvgIpc) is 3.33. The largest absolute Gasteiger partial charge is 0.317 e. The van der Waals surface area contributed by atoms with Crippen LogP contribution in [0.5, 0.6) is 0 Å². The molecule has 1 aromatic heterocycles. The highest BCUT2D eigenvalue weighted by Gasteiger charge is 2.20. The number of rotatable bonds is 10. The van der Waals surface area contributed by atoms with Gasteiger partial charge in [-0.3, -0.25) is 0 Å². The van der Waals surface area contributed by atoms with Crippen molar-refractivity contribution in [2.45, 2.75) is 37.3 Å². The fourth-order valence-corrected chi connectivity index (χ4v) is 4.98. The lowest BCUT2D eigenvalue weighted by Gasteiger charge is -2.09. The van der Waals surface area contributed by atoms with E-state index >= 15 is 0 Å². The van der Waals surface area contributed by atoms with E-state index in [2.05, 4.69) is 56.5 Å². The topological polar surface area (TPSA) is 42.7 Å². The van der Waals surface area contributed by atoms with Gasteiger partial charge in [-0.05, 0) is 62.2 Å². The third-order valence-corrected chi connectivity index (χ3v) is 6.80. The molecule has 29 heavy (non-hydrogen) atoms. The van der Waals surface area contributed by atoms with Gasteiger partial charge < -0.3 is 9.88 Å². The van der Waals surface area contributed by atoms with E-state index in [4.69, 9.17) is 0 Å². The summed E-state index contributed by atoms with van der Waals surface area (Å²) in [6.07, 6.45) is 6.30. The van der Waals surface area contributed by atoms with E-state index in [0.717, 1.165) is 47.7 Å². The molecule has 0 unspecified atom stereocenters. The number of benzene rings is 2. The van der Waals surface area contributed by atoms with E-state index < -0.39 is 0 Å². The number of nitrogens with zero attached hydrogens (tertiary/aromatic N) is 3. The van der Waals surface area contributed by atoms with E-state index in [9.17, 15) is 0 Å². The molecule has 1 N–H and O–H groups in total. The molecular weight excluding hydrogens is 376 g/mol. The Morgan fingerprint density at radius 1 is 0.931 bits per heavy atom. The summed E-state index contributed by atoms with van der Waals surface area (Å²) in [5, 5.41) is 13.3. The first-order valence-corrected chi connectivity index (χ1v) is 11.6. The van der Waals surface area contributed by atoms with Crippen LogP contribution in [0.2, 0.25) is 0 Å². The molecule has 1 aliphatic rings. The zero-order chi connectivity index (χ0) is 19.9. The van der Waals surface area contributed by atoms with Crippen molar-refractivity contribution in [1.29, 1.82) is 0 Å². The maximum absolute atomic E-state index is 4.36. The van der Waals surface area contributed by atoms with Crippen LogP contribution in [-0.2, 0) is 19.9 Å². The van der Waals surface area contributed by atoms with Crippen LogP contribution in [0.1, 0.15) is 30.4 Å². The molecule has 0 saturated heterocycles. The lowest BCUT2D eigenvalue weighted by Crippen LogP contribution is -2.18. The number of fused-ring (bicyclic) bond motifs is 1. The van der Waals surface area contributed by atoms with Crippen LogP contribution in [-0.4, -0.2) is 33.6 Å². The van der Waals surface area contributed by atoms with Crippen LogP contribution in [0.25, 0.3) is 11.4 Å². The maximum Gasteiger partial charge on any atom is 0.191 e. The van der Waals surface area contributed by atoms with E-state index in [1.54, 1.807) is 22.9 Å². The zero-order valence-corrected chi connectivity index (χ0v) is 18.0. The van der Waals surface area contributed by atoms with E-state index in [-0.39, 0.29) is 0 Å². The van der Waals surface area contributed by atoms with Gasteiger partial charge in [0.1, 0.15) is 0 Å². The van der Waals surface area contributed by atoms with Crippen molar-refractivity contribution in [3.63, 3.8) is 0 Å². The molecule has 0 amide bonds. The summed E-state index contributed by atoms with van der Waals surface area (Å²) in [6.45, 7) is 2.20. The molecule has 0 aliphatic heterocycles. The number of hydrogen-bond acceptors (Lipinski definition) is 4. The highest BCUT2D eigenvalue weighted by atomic mass is 32.2. The fraction of sp³-hybridized carbons (Fsp3) is 0.417. The summed E-state index contributed by atoms with van der Waals surface area (Å²) in [7, 11) is 2.05. The second kappa shape index (κ2) is 10.1. The molecule has 0 fully saturated rings. The van der Waals surface area contributed by atoms with Gasteiger partial charge in [0.15, 0.2) is 11.0 Å². The summed E-state index contributed by atoms with van der Waals surface area (Å²) < 4.78 is 2.09. The van der Waals surface area contributed by atoms with Crippen LogP contribution >= 0.6 is 11.8 Å². The van der Waals surface area contributed by atoms with Crippen molar-refractivity contribution in [1.82, 2.24) is 20.1 Å². The number of thioether (sulfide) groups is 1. The summed E-state index contributed by atoms with van der Waals surface area (Å²) in [5.41, 5.74) is 4.25. The van der Waals surface area contributed by atoms with Crippen molar-refractivity contribution in [2.24, 2.45) is 13.0 Å². The van der Waals surface area contributed by atoms with Crippen LogP contribution in [0.4, 0.5) is 0 Å². The molecule has 3 aromatic rings. The summed E-state index contributed by atoms with van der Waals surface area (Å²) in [5.74, 6) is 2.84. The smallest absolute Gasteiger partial charge is 0.191 e. The van der Waals surface area contributed by atoms with Crippen molar-refractivity contribution < 1.29 is 0 Å². The van der Waals surface area contributed by atoms with Crippen molar-refractivity contribution in [3.05, 3.63) is 65.7 Å². The molecule has 1 heterocycles. The second-order valence-electron chi connectivity index (χ2n) is 7.87. The third-order valence-electron chi connectivity index (χ3n) is 5.70.